The van der Waals surface area contributed by atoms with Crippen LogP contribution >= 0.6 is 0 Å². The lowest BCUT2D eigenvalue weighted by atomic mass is 10.1. The van der Waals surface area contributed by atoms with Crippen molar-refractivity contribution < 1.29 is 22.8 Å². The number of hydrogen-bond donors (Lipinski definition) is 3. The van der Waals surface area contributed by atoms with Gasteiger partial charge in [-0.2, -0.15) is 13.2 Å². The zero-order valence-corrected chi connectivity index (χ0v) is 13.1. The number of halogens is 3. The van der Waals surface area contributed by atoms with Crippen molar-refractivity contribution in [3.8, 4) is 0 Å². The lowest BCUT2D eigenvalue weighted by Crippen LogP contribution is -2.37. The van der Waals surface area contributed by atoms with E-state index in [1.807, 2.05) is 0 Å². The normalized spacial score (nSPS) is 17.5. The fourth-order valence-electron chi connectivity index (χ4n) is 2.51. The Kier molecular flexibility index (Phi) is 6.19. The molecule has 1 fully saturated rings. The molecule has 2 rings (SSSR count). The molecule has 0 aliphatic carbocycles. The summed E-state index contributed by atoms with van der Waals surface area (Å²) < 4.78 is 37.3. The summed E-state index contributed by atoms with van der Waals surface area (Å²) in [5, 5.41) is 8.35. The molecule has 3 N–H and O–H groups in total. The second kappa shape index (κ2) is 8.14. The van der Waals surface area contributed by atoms with Gasteiger partial charge < -0.3 is 16.0 Å². The smallest absolute Gasteiger partial charge is 0.355 e. The van der Waals surface area contributed by atoms with E-state index in [-0.39, 0.29) is 18.0 Å². The third-order valence-electron chi connectivity index (χ3n) is 3.92. The van der Waals surface area contributed by atoms with Crippen LogP contribution in [-0.2, 0) is 11.0 Å². The largest absolute Gasteiger partial charge is 0.416 e. The van der Waals surface area contributed by atoms with Gasteiger partial charge >= 0.3 is 6.18 Å². The number of benzene rings is 1. The highest BCUT2D eigenvalue weighted by molar-refractivity contribution is 5.96. The molecule has 0 radical (unpaired) electrons. The Balaban J connectivity index is 1.70. The molecule has 0 saturated carbocycles. The van der Waals surface area contributed by atoms with Gasteiger partial charge in [-0.1, -0.05) is 0 Å². The van der Waals surface area contributed by atoms with Gasteiger partial charge in [-0.15, -0.1) is 0 Å². The summed E-state index contributed by atoms with van der Waals surface area (Å²) in [6, 6.07) is 3.85. The number of rotatable bonds is 6. The molecule has 1 unspecified atom stereocenters. The maximum Gasteiger partial charge on any atom is 0.416 e. The van der Waals surface area contributed by atoms with Crippen molar-refractivity contribution in [1.29, 1.82) is 0 Å². The van der Waals surface area contributed by atoms with Crippen molar-refractivity contribution in [3.63, 3.8) is 0 Å². The highest BCUT2D eigenvalue weighted by Gasteiger charge is 2.30. The molecule has 1 aromatic rings. The third kappa shape index (κ3) is 5.52. The number of carbonyl (C=O) groups excluding carboxylic acids is 2. The zero-order valence-electron chi connectivity index (χ0n) is 13.1. The van der Waals surface area contributed by atoms with Gasteiger partial charge in [0.15, 0.2) is 0 Å². The van der Waals surface area contributed by atoms with Crippen molar-refractivity contribution in [2.45, 2.75) is 19.0 Å². The van der Waals surface area contributed by atoms with Gasteiger partial charge in [0.05, 0.1) is 12.1 Å². The van der Waals surface area contributed by atoms with Gasteiger partial charge in [0.1, 0.15) is 0 Å². The van der Waals surface area contributed by atoms with E-state index < -0.39 is 17.6 Å². The summed E-state index contributed by atoms with van der Waals surface area (Å²) in [7, 11) is 0. The molecular formula is C16H20F3N3O2. The van der Waals surface area contributed by atoms with Crippen LogP contribution in [0, 0.1) is 5.92 Å². The SMILES string of the molecule is O=C(CNC(=O)c1ccc(C(F)(F)F)cc1)NCCC1CCNC1. The summed E-state index contributed by atoms with van der Waals surface area (Å²) >= 11 is 0. The van der Waals surface area contributed by atoms with Gasteiger partial charge in [-0.3, -0.25) is 9.59 Å². The van der Waals surface area contributed by atoms with Crippen LogP contribution in [0.2, 0.25) is 0 Å². The van der Waals surface area contributed by atoms with Crippen LogP contribution in [0.1, 0.15) is 28.8 Å². The number of hydrogen-bond acceptors (Lipinski definition) is 3. The number of alkyl halides is 3. The molecule has 2 amide bonds. The molecule has 1 heterocycles. The van der Waals surface area contributed by atoms with Crippen molar-refractivity contribution in [2.24, 2.45) is 5.92 Å². The van der Waals surface area contributed by atoms with Crippen LogP contribution < -0.4 is 16.0 Å². The molecular weight excluding hydrogens is 323 g/mol. The molecule has 0 bridgehead atoms. The average Bonchev–Trinajstić information content (AvgIpc) is 3.05. The van der Waals surface area contributed by atoms with Crippen LogP contribution in [0.4, 0.5) is 13.2 Å². The van der Waals surface area contributed by atoms with E-state index >= 15 is 0 Å². The van der Waals surface area contributed by atoms with Crippen molar-refractivity contribution in [1.82, 2.24) is 16.0 Å². The Morgan fingerprint density at radius 1 is 1.17 bits per heavy atom. The zero-order chi connectivity index (χ0) is 17.6. The van der Waals surface area contributed by atoms with Crippen LogP contribution in [0.3, 0.4) is 0 Å². The Morgan fingerprint density at radius 3 is 2.46 bits per heavy atom. The van der Waals surface area contributed by atoms with E-state index in [4.69, 9.17) is 0 Å². The van der Waals surface area contributed by atoms with Gasteiger partial charge in [-0.25, -0.2) is 0 Å². The van der Waals surface area contributed by atoms with Gasteiger partial charge in [0.25, 0.3) is 5.91 Å². The Hall–Kier alpha value is -2.09. The molecule has 8 heteroatoms. The predicted molar refractivity (Wildman–Crippen MR) is 82.4 cm³/mol. The second-order valence-electron chi connectivity index (χ2n) is 5.76. The second-order valence-corrected chi connectivity index (χ2v) is 5.76. The first-order valence-electron chi connectivity index (χ1n) is 7.79. The summed E-state index contributed by atoms with van der Waals surface area (Å²) in [5.41, 5.74) is -0.744. The van der Waals surface area contributed by atoms with Crippen LogP contribution in [-0.4, -0.2) is 38.0 Å². The fourth-order valence-corrected chi connectivity index (χ4v) is 2.51. The van der Waals surface area contributed by atoms with Crippen LogP contribution in [0.15, 0.2) is 24.3 Å². The molecule has 0 spiro atoms. The monoisotopic (exact) mass is 343 g/mol. The quantitative estimate of drug-likeness (QED) is 0.734. The minimum Gasteiger partial charge on any atom is -0.355 e. The Morgan fingerprint density at radius 2 is 1.88 bits per heavy atom. The first-order valence-corrected chi connectivity index (χ1v) is 7.79. The first-order chi connectivity index (χ1) is 11.4. The molecule has 1 atom stereocenters. The van der Waals surface area contributed by atoms with Gasteiger partial charge in [0, 0.05) is 12.1 Å². The topological polar surface area (TPSA) is 70.2 Å². The average molecular weight is 343 g/mol. The third-order valence-corrected chi connectivity index (χ3v) is 3.92. The van der Waals surface area contributed by atoms with E-state index in [2.05, 4.69) is 16.0 Å². The van der Waals surface area contributed by atoms with E-state index in [1.165, 1.54) is 0 Å². The molecule has 1 aliphatic rings. The lowest BCUT2D eigenvalue weighted by molar-refractivity contribution is -0.137. The summed E-state index contributed by atoms with van der Waals surface area (Å²) in [5.74, 6) is -0.341. The molecule has 0 aromatic heterocycles. The number of amides is 2. The minimum absolute atomic E-state index is 0.0767. The standard InChI is InChI=1S/C16H20F3N3O2/c17-16(18,19)13-3-1-12(2-4-13)15(24)22-10-14(23)21-8-6-11-5-7-20-9-11/h1-4,11,20H,5-10H2,(H,21,23)(H,22,24). The van der Waals surface area contributed by atoms with Gasteiger partial charge in [-0.05, 0) is 56.1 Å². The maximum atomic E-state index is 12.4. The highest BCUT2D eigenvalue weighted by Crippen LogP contribution is 2.29. The number of carbonyl (C=O) groups is 2. The van der Waals surface area contributed by atoms with Crippen molar-refractivity contribution in [3.05, 3.63) is 35.4 Å². The summed E-state index contributed by atoms with van der Waals surface area (Å²) in [6.07, 6.45) is -2.46. The van der Waals surface area contributed by atoms with Crippen molar-refractivity contribution >= 4 is 11.8 Å². The molecule has 5 nitrogen and oxygen atoms in total. The van der Waals surface area contributed by atoms with E-state index in [1.54, 1.807) is 0 Å². The van der Waals surface area contributed by atoms with Gasteiger partial charge in [0.2, 0.25) is 5.91 Å². The summed E-state index contributed by atoms with van der Waals surface area (Å²) in [4.78, 5) is 23.5. The molecule has 1 aliphatic heterocycles. The first kappa shape index (κ1) is 18.3. The van der Waals surface area contributed by atoms with E-state index in [9.17, 15) is 22.8 Å². The lowest BCUT2D eigenvalue weighted by Gasteiger charge is -2.10. The highest BCUT2D eigenvalue weighted by atomic mass is 19.4. The Labute approximate surface area is 138 Å². The van der Waals surface area contributed by atoms with Crippen LogP contribution in [0.5, 0.6) is 0 Å². The summed E-state index contributed by atoms with van der Waals surface area (Å²) in [6.45, 7) is 2.30. The Bertz CT molecular complexity index is 567. The van der Waals surface area contributed by atoms with E-state index in [0.717, 1.165) is 50.2 Å². The predicted octanol–water partition coefficient (Wildman–Crippen LogP) is 1.55. The fraction of sp³-hybridized carbons (Fsp3) is 0.500. The van der Waals surface area contributed by atoms with E-state index in [0.29, 0.717) is 12.5 Å². The molecule has 1 saturated heterocycles. The molecule has 132 valence electrons. The maximum absolute atomic E-state index is 12.4. The van der Waals surface area contributed by atoms with Crippen molar-refractivity contribution in [2.75, 3.05) is 26.2 Å². The minimum atomic E-state index is -4.44. The number of nitrogens with one attached hydrogen (secondary N) is 3. The molecule has 24 heavy (non-hydrogen) atoms. The molecule has 1 aromatic carbocycles. The van der Waals surface area contributed by atoms with Crippen LogP contribution in [0.25, 0.3) is 0 Å².